The van der Waals surface area contributed by atoms with Gasteiger partial charge in [0.1, 0.15) is 4.34 Å². The van der Waals surface area contributed by atoms with Gasteiger partial charge in [-0.15, -0.1) is 0 Å². The predicted octanol–water partition coefficient (Wildman–Crippen LogP) is 3.60. The quantitative estimate of drug-likeness (QED) is 0.638. The maximum absolute atomic E-state index is 5.84. The third-order valence-corrected chi connectivity index (χ3v) is 2.71. The summed E-state index contributed by atoms with van der Waals surface area (Å²) in [5.74, 6) is 0. The summed E-state index contributed by atoms with van der Waals surface area (Å²) in [6.07, 6.45) is 0. The highest BCUT2D eigenvalue weighted by atomic mass is 35.5. The Morgan fingerprint density at radius 2 is 2.09 bits per heavy atom. The molecule has 56 valence electrons. The fourth-order valence-electron chi connectivity index (χ4n) is 0.884. The molecule has 0 amide bonds. The van der Waals surface area contributed by atoms with Gasteiger partial charge in [0.15, 0.2) is 0 Å². The molecule has 1 aromatic carbocycles. The van der Waals surface area contributed by atoms with Crippen LogP contribution in [0.5, 0.6) is 0 Å². The molecule has 11 heavy (non-hydrogen) atoms. The summed E-state index contributed by atoms with van der Waals surface area (Å²) >= 11 is 12.9. The van der Waals surface area contributed by atoms with Crippen LogP contribution < -0.4 is 0 Å². The first-order valence-electron chi connectivity index (χ1n) is 2.98. The Bertz CT molecular complexity index is 396. The van der Waals surface area contributed by atoms with Crippen LogP contribution in [0.4, 0.5) is 0 Å². The predicted molar refractivity (Wildman–Crippen MR) is 49.6 cm³/mol. The molecule has 0 bridgehead atoms. The number of benzene rings is 1. The van der Waals surface area contributed by atoms with E-state index in [1.807, 2.05) is 12.1 Å². The lowest BCUT2D eigenvalue weighted by atomic mass is 10.3. The molecule has 0 saturated carbocycles. The Morgan fingerprint density at radius 1 is 1.27 bits per heavy atom. The molecule has 0 aliphatic carbocycles. The summed E-state index contributed by atoms with van der Waals surface area (Å²) in [4.78, 5) is 0. The lowest BCUT2D eigenvalue weighted by Gasteiger charge is -1.88. The summed E-state index contributed by atoms with van der Waals surface area (Å²) in [6.45, 7) is 0. The van der Waals surface area contributed by atoms with Crippen molar-refractivity contribution in [2.24, 2.45) is 0 Å². The van der Waals surface area contributed by atoms with Gasteiger partial charge in [-0.1, -0.05) is 23.2 Å². The maximum atomic E-state index is 5.84. The van der Waals surface area contributed by atoms with Crippen LogP contribution in [0, 0.1) is 0 Å². The topological polar surface area (TPSA) is 12.9 Å². The minimum atomic E-state index is 0.694. The molecular weight excluding hydrogens is 201 g/mol. The first kappa shape index (κ1) is 7.35. The molecule has 1 aromatic heterocycles. The first-order chi connectivity index (χ1) is 5.27. The second-order valence-corrected chi connectivity index (χ2v) is 3.93. The maximum Gasteiger partial charge on any atom is 0.121 e. The Morgan fingerprint density at radius 3 is 2.91 bits per heavy atom. The van der Waals surface area contributed by atoms with Crippen molar-refractivity contribution in [3.8, 4) is 0 Å². The zero-order chi connectivity index (χ0) is 7.84. The fraction of sp³-hybridized carbons (Fsp3) is 0. The number of rotatable bonds is 0. The molecule has 0 saturated heterocycles. The van der Waals surface area contributed by atoms with Gasteiger partial charge in [0.05, 0.1) is 5.52 Å². The number of nitrogens with zero attached hydrogens (tertiary/aromatic N) is 1. The average molecular weight is 204 g/mol. The van der Waals surface area contributed by atoms with Crippen molar-refractivity contribution in [1.29, 1.82) is 0 Å². The average Bonchev–Trinajstić information content (AvgIpc) is 2.33. The van der Waals surface area contributed by atoms with Gasteiger partial charge < -0.3 is 0 Å². The highest BCUT2D eigenvalue weighted by Gasteiger charge is 2.02. The molecule has 0 aliphatic rings. The van der Waals surface area contributed by atoms with E-state index in [2.05, 4.69) is 4.37 Å². The van der Waals surface area contributed by atoms with Crippen LogP contribution in [0.25, 0.3) is 10.9 Å². The van der Waals surface area contributed by atoms with E-state index < -0.39 is 0 Å². The van der Waals surface area contributed by atoms with Crippen molar-refractivity contribution in [1.82, 2.24) is 4.37 Å². The molecule has 0 N–H and O–H groups in total. The van der Waals surface area contributed by atoms with E-state index in [1.54, 1.807) is 6.07 Å². The standard InChI is InChI=1S/C7H3Cl2NS/c8-4-1-2-6-5(3-4)7(9)11-10-6/h1-3H. The van der Waals surface area contributed by atoms with Crippen LogP contribution in [0.1, 0.15) is 0 Å². The van der Waals surface area contributed by atoms with E-state index in [0.717, 1.165) is 10.9 Å². The van der Waals surface area contributed by atoms with Crippen LogP contribution in [0.2, 0.25) is 9.36 Å². The SMILES string of the molecule is Clc1ccc2nsc(Cl)c2c1. The van der Waals surface area contributed by atoms with Crippen molar-refractivity contribution in [3.63, 3.8) is 0 Å². The number of aromatic nitrogens is 1. The van der Waals surface area contributed by atoms with Crippen LogP contribution in [-0.4, -0.2) is 4.37 Å². The van der Waals surface area contributed by atoms with E-state index >= 15 is 0 Å². The molecule has 0 atom stereocenters. The highest BCUT2D eigenvalue weighted by molar-refractivity contribution is 7.12. The van der Waals surface area contributed by atoms with Crippen molar-refractivity contribution in [3.05, 3.63) is 27.6 Å². The molecule has 0 spiro atoms. The summed E-state index contributed by atoms with van der Waals surface area (Å²) in [5, 5.41) is 1.63. The second kappa shape index (κ2) is 2.63. The van der Waals surface area contributed by atoms with E-state index in [4.69, 9.17) is 23.2 Å². The smallest absolute Gasteiger partial charge is 0.121 e. The largest absolute Gasteiger partial charge is 0.191 e. The summed E-state index contributed by atoms with van der Waals surface area (Å²) in [7, 11) is 0. The zero-order valence-electron chi connectivity index (χ0n) is 5.34. The summed E-state index contributed by atoms with van der Waals surface area (Å²) < 4.78 is 4.81. The van der Waals surface area contributed by atoms with Gasteiger partial charge >= 0.3 is 0 Å². The number of halogens is 2. The van der Waals surface area contributed by atoms with Crippen LogP contribution in [-0.2, 0) is 0 Å². The van der Waals surface area contributed by atoms with E-state index in [-0.39, 0.29) is 0 Å². The number of fused-ring (bicyclic) bond motifs is 1. The molecule has 0 aliphatic heterocycles. The lowest BCUT2D eigenvalue weighted by molar-refractivity contribution is 1.66. The van der Waals surface area contributed by atoms with Crippen molar-refractivity contribution < 1.29 is 0 Å². The Labute approximate surface area is 77.7 Å². The molecular formula is C7H3Cl2NS. The van der Waals surface area contributed by atoms with Crippen molar-refractivity contribution in [2.75, 3.05) is 0 Å². The first-order valence-corrected chi connectivity index (χ1v) is 4.51. The van der Waals surface area contributed by atoms with Crippen molar-refractivity contribution in [2.45, 2.75) is 0 Å². The second-order valence-electron chi connectivity index (χ2n) is 2.12. The number of hydrogen-bond acceptors (Lipinski definition) is 2. The van der Waals surface area contributed by atoms with Gasteiger partial charge in [0.25, 0.3) is 0 Å². The highest BCUT2D eigenvalue weighted by Crippen LogP contribution is 2.28. The summed E-state index contributed by atoms with van der Waals surface area (Å²) in [6, 6.07) is 5.49. The molecule has 4 heteroatoms. The van der Waals surface area contributed by atoms with E-state index in [9.17, 15) is 0 Å². The third-order valence-electron chi connectivity index (χ3n) is 1.39. The molecule has 2 aromatic rings. The van der Waals surface area contributed by atoms with Gasteiger partial charge in [0.2, 0.25) is 0 Å². The normalized spacial score (nSPS) is 10.7. The van der Waals surface area contributed by atoms with Gasteiger partial charge in [-0.2, -0.15) is 4.37 Å². The molecule has 0 radical (unpaired) electrons. The zero-order valence-corrected chi connectivity index (χ0v) is 7.67. The molecule has 1 nitrogen and oxygen atoms in total. The van der Waals surface area contributed by atoms with Crippen LogP contribution >= 0.6 is 34.7 Å². The van der Waals surface area contributed by atoms with Crippen LogP contribution in [0.3, 0.4) is 0 Å². The Kier molecular flexibility index (Phi) is 1.75. The molecule has 1 heterocycles. The van der Waals surface area contributed by atoms with E-state index in [0.29, 0.717) is 9.36 Å². The number of hydrogen-bond donors (Lipinski definition) is 0. The Hall–Kier alpha value is -0.310. The monoisotopic (exact) mass is 203 g/mol. The van der Waals surface area contributed by atoms with Crippen LogP contribution in [0.15, 0.2) is 18.2 Å². The van der Waals surface area contributed by atoms with Gasteiger partial charge in [-0.25, -0.2) is 0 Å². The molecule has 0 fully saturated rings. The Balaban J connectivity index is 2.87. The lowest BCUT2D eigenvalue weighted by Crippen LogP contribution is -1.66. The minimum absolute atomic E-state index is 0.694. The molecule has 2 rings (SSSR count). The van der Waals surface area contributed by atoms with E-state index in [1.165, 1.54) is 11.5 Å². The van der Waals surface area contributed by atoms with Gasteiger partial charge in [-0.05, 0) is 29.7 Å². The third kappa shape index (κ3) is 1.22. The van der Waals surface area contributed by atoms with Gasteiger partial charge in [-0.3, -0.25) is 0 Å². The molecule has 0 unspecified atom stereocenters. The van der Waals surface area contributed by atoms with Crippen molar-refractivity contribution >= 4 is 45.6 Å². The fourth-order valence-corrected chi connectivity index (χ4v) is 1.91. The minimum Gasteiger partial charge on any atom is -0.191 e. The summed E-state index contributed by atoms with van der Waals surface area (Å²) in [5.41, 5.74) is 0.907. The van der Waals surface area contributed by atoms with Gasteiger partial charge in [0, 0.05) is 10.4 Å².